The highest BCUT2D eigenvalue weighted by atomic mass is 79.9. The summed E-state index contributed by atoms with van der Waals surface area (Å²) in [6.45, 7) is 1.73. The maximum absolute atomic E-state index is 12.9. The molecule has 2 N–H and O–H groups in total. The van der Waals surface area contributed by atoms with Crippen molar-refractivity contribution in [3.8, 4) is 11.5 Å². The predicted molar refractivity (Wildman–Crippen MR) is 111 cm³/mol. The summed E-state index contributed by atoms with van der Waals surface area (Å²) in [6.07, 6.45) is -0.362. The molecule has 0 aliphatic carbocycles. The van der Waals surface area contributed by atoms with Crippen molar-refractivity contribution in [3.63, 3.8) is 0 Å². The van der Waals surface area contributed by atoms with E-state index < -0.39 is 23.4 Å². The molecule has 2 aromatic rings. The SMILES string of the molecule is CC1(c2cccc(Br)c2)NC(=O)N(CC(=O)NCC2COc3ccccc3O2)C1=O. The quantitative estimate of drug-likeness (QED) is 0.648. The van der Waals surface area contributed by atoms with Crippen LogP contribution in [0.1, 0.15) is 12.5 Å². The Balaban J connectivity index is 1.36. The van der Waals surface area contributed by atoms with Gasteiger partial charge in [0.05, 0.1) is 6.54 Å². The van der Waals surface area contributed by atoms with Crippen molar-refractivity contribution in [3.05, 3.63) is 58.6 Å². The third kappa shape index (κ3) is 3.85. The number of fused-ring (bicyclic) bond motifs is 1. The summed E-state index contributed by atoms with van der Waals surface area (Å²) in [6, 6.07) is 13.8. The number of nitrogens with one attached hydrogen (secondary N) is 2. The predicted octanol–water partition coefficient (Wildman–Crippen LogP) is 2.17. The van der Waals surface area contributed by atoms with E-state index >= 15 is 0 Å². The molecule has 0 aromatic heterocycles. The minimum Gasteiger partial charge on any atom is -0.486 e. The average molecular weight is 474 g/mol. The molecule has 4 amide bonds. The molecule has 156 valence electrons. The molecule has 2 unspecified atom stereocenters. The van der Waals surface area contributed by atoms with Gasteiger partial charge >= 0.3 is 6.03 Å². The molecule has 2 aliphatic heterocycles. The van der Waals surface area contributed by atoms with Crippen LogP contribution in [0.25, 0.3) is 0 Å². The van der Waals surface area contributed by atoms with Gasteiger partial charge in [0.2, 0.25) is 5.91 Å². The Morgan fingerprint density at radius 3 is 2.77 bits per heavy atom. The van der Waals surface area contributed by atoms with Gasteiger partial charge in [-0.15, -0.1) is 0 Å². The summed E-state index contributed by atoms with van der Waals surface area (Å²) in [5.41, 5.74) is -0.602. The monoisotopic (exact) mass is 473 g/mol. The van der Waals surface area contributed by atoms with Crippen molar-refractivity contribution in [1.82, 2.24) is 15.5 Å². The zero-order valence-corrected chi connectivity index (χ0v) is 17.8. The number of amides is 4. The highest BCUT2D eigenvalue weighted by Crippen LogP contribution is 2.31. The Hall–Kier alpha value is -3.07. The summed E-state index contributed by atoms with van der Waals surface area (Å²) in [5, 5.41) is 5.39. The average Bonchev–Trinajstić information content (AvgIpc) is 2.96. The number of para-hydroxylation sites is 2. The molecule has 1 fully saturated rings. The second-order valence-electron chi connectivity index (χ2n) is 7.26. The summed E-state index contributed by atoms with van der Waals surface area (Å²) >= 11 is 3.37. The summed E-state index contributed by atoms with van der Waals surface area (Å²) in [4.78, 5) is 38.6. The molecule has 0 spiro atoms. The molecule has 0 bridgehead atoms. The third-order valence-electron chi connectivity index (χ3n) is 5.07. The fourth-order valence-corrected chi connectivity index (χ4v) is 3.83. The second kappa shape index (κ2) is 7.98. The van der Waals surface area contributed by atoms with Crippen molar-refractivity contribution in [2.45, 2.75) is 18.6 Å². The van der Waals surface area contributed by atoms with E-state index in [1.807, 2.05) is 24.3 Å². The number of hydrogen-bond donors (Lipinski definition) is 2. The molecule has 1 saturated heterocycles. The first-order chi connectivity index (χ1) is 14.4. The van der Waals surface area contributed by atoms with Crippen LogP contribution in [0.2, 0.25) is 0 Å². The number of hydrogen-bond acceptors (Lipinski definition) is 5. The summed E-state index contributed by atoms with van der Waals surface area (Å²) in [7, 11) is 0. The number of imide groups is 1. The van der Waals surface area contributed by atoms with Gasteiger partial charge in [-0.3, -0.25) is 14.5 Å². The number of carbonyl (C=O) groups excluding carboxylic acids is 3. The maximum atomic E-state index is 12.9. The Morgan fingerprint density at radius 2 is 2.00 bits per heavy atom. The van der Waals surface area contributed by atoms with Crippen molar-refractivity contribution >= 4 is 33.8 Å². The standard InChI is InChI=1S/C21H20BrN3O5/c1-21(13-5-4-6-14(22)9-13)19(27)25(20(28)24-21)11-18(26)23-10-15-12-29-16-7-2-3-8-17(16)30-15/h2-9,15H,10-12H2,1H3,(H,23,26)(H,24,28). The first-order valence-corrected chi connectivity index (χ1v) is 10.2. The molecule has 0 radical (unpaired) electrons. The van der Waals surface area contributed by atoms with Gasteiger partial charge in [0.25, 0.3) is 5.91 Å². The molecule has 2 atom stereocenters. The normalized spacial score (nSPS) is 22.6. The zero-order chi connectivity index (χ0) is 21.3. The van der Waals surface area contributed by atoms with Crippen LogP contribution in [-0.2, 0) is 15.1 Å². The topological polar surface area (TPSA) is 97.0 Å². The van der Waals surface area contributed by atoms with Crippen molar-refractivity contribution in [2.24, 2.45) is 0 Å². The van der Waals surface area contributed by atoms with E-state index in [0.29, 0.717) is 23.7 Å². The van der Waals surface area contributed by atoms with Crippen LogP contribution >= 0.6 is 15.9 Å². The van der Waals surface area contributed by atoms with E-state index in [1.54, 1.807) is 31.2 Å². The highest BCUT2D eigenvalue weighted by Gasteiger charge is 2.49. The number of nitrogens with zero attached hydrogens (tertiary/aromatic N) is 1. The molecule has 4 rings (SSSR count). The number of carbonyl (C=O) groups is 3. The lowest BCUT2D eigenvalue weighted by molar-refractivity contribution is -0.134. The smallest absolute Gasteiger partial charge is 0.325 e. The maximum Gasteiger partial charge on any atom is 0.325 e. The largest absolute Gasteiger partial charge is 0.486 e. The first kappa shape index (κ1) is 20.2. The number of urea groups is 1. The number of benzene rings is 2. The number of ether oxygens (including phenoxy) is 2. The zero-order valence-electron chi connectivity index (χ0n) is 16.2. The van der Waals surface area contributed by atoms with Gasteiger partial charge in [-0.25, -0.2) is 4.79 Å². The van der Waals surface area contributed by atoms with Gasteiger partial charge in [0, 0.05) is 4.47 Å². The van der Waals surface area contributed by atoms with E-state index in [-0.39, 0.29) is 19.2 Å². The third-order valence-corrected chi connectivity index (χ3v) is 5.57. The Morgan fingerprint density at radius 1 is 1.23 bits per heavy atom. The molecular weight excluding hydrogens is 454 g/mol. The highest BCUT2D eigenvalue weighted by molar-refractivity contribution is 9.10. The van der Waals surface area contributed by atoms with E-state index in [4.69, 9.17) is 9.47 Å². The molecule has 2 aromatic carbocycles. The fraction of sp³-hybridized carbons (Fsp3) is 0.286. The lowest BCUT2D eigenvalue weighted by atomic mass is 9.92. The van der Waals surface area contributed by atoms with Crippen LogP contribution in [0.5, 0.6) is 11.5 Å². The summed E-state index contributed by atoms with van der Waals surface area (Å²) in [5.74, 6) is 0.333. The Bertz CT molecular complexity index is 1010. The van der Waals surface area contributed by atoms with Gasteiger partial charge in [0.15, 0.2) is 11.5 Å². The van der Waals surface area contributed by atoms with Crippen LogP contribution in [0.15, 0.2) is 53.0 Å². The van der Waals surface area contributed by atoms with Gasteiger partial charge < -0.3 is 20.1 Å². The van der Waals surface area contributed by atoms with Crippen molar-refractivity contribution in [1.29, 1.82) is 0 Å². The van der Waals surface area contributed by atoms with Gasteiger partial charge in [-0.05, 0) is 36.8 Å². The van der Waals surface area contributed by atoms with Crippen molar-refractivity contribution < 1.29 is 23.9 Å². The molecular formula is C21H20BrN3O5. The molecule has 9 heteroatoms. The van der Waals surface area contributed by atoms with Crippen LogP contribution in [0.4, 0.5) is 4.79 Å². The molecule has 0 saturated carbocycles. The van der Waals surface area contributed by atoms with Gasteiger partial charge in [-0.1, -0.05) is 40.2 Å². The number of rotatable bonds is 5. The molecule has 30 heavy (non-hydrogen) atoms. The second-order valence-corrected chi connectivity index (χ2v) is 8.17. The van der Waals surface area contributed by atoms with Crippen LogP contribution in [0, 0.1) is 0 Å². The van der Waals surface area contributed by atoms with E-state index in [2.05, 4.69) is 26.6 Å². The Kier molecular flexibility index (Phi) is 5.38. The molecule has 2 aliphatic rings. The lowest BCUT2D eigenvalue weighted by Crippen LogP contribution is -2.46. The Labute approximate surface area is 181 Å². The first-order valence-electron chi connectivity index (χ1n) is 9.42. The van der Waals surface area contributed by atoms with Crippen LogP contribution in [-0.4, -0.2) is 48.5 Å². The van der Waals surface area contributed by atoms with E-state index in [9.17, 15) is 14.4 Å². The summed E-state index contributed by atoms with van der Waals surface area (Å²) < 4.78 is 12.2. The van der Waals surface area contributed by atoms with E-state index in [0.717, 1.165) is 9.37 Å². The lowest BCUT2D eigenvalue weighted by Gasteiger charge is -2.26. The van der Waals surface area contributed by atoms with Crippen LogP contribution in [0.3, 0.4) is 0 Å². The minimum atomic E-state index is -1.23. The van der Waals surface area contributed by atoms with Gasteiger partial charge in [0.1, 0.15) is 24.8 Å². The fourth-order valence-electron chi connectivity index (χ4n) is 3.43. The minimum absolute atomic E-state index is 0.194. The number of halogens is 1. The van der Waals surface area contributed by atoms with Crippen molar-refractivity contribution in [2.75, 3.05) is 19.7 Å². The van der Waals surface area contributed by atoms with E-state index in [1.165, 1.54) is 0 Å². The van der Waals surface area contributed by atoms with Crippen LogP contribution < -0.4 is 20.1 Å². The molecule has 8 nitrogen and oxygen atoms in total. The molecule has 2 heterocycles. The van der Waals surface area contributed by atoms with Gasteiger partial charge in [-0.2, -0.15) is 0 Å².